The molecule has 0 radical (unpaired) electrons. The van der Waals surface area contributed by atoms with Crippen molar-refractivity contribution in [2.45, 2.75) is 43.1 Å². The zero-order valence-electron chi connectivity index (χ0n) is 21.8. The van der Waals surface area contributed by atoms with E-state index in [9.17, 15) is 26.4 Å². The lowest BCUT2D eigenvalue weighted by Gasteiger charge is -2.31. The molecule has 1 atom stereocenters. The van der Waals surface area contributed by atoms with E-state index in [0.717, 1.165) is 31.6 Å². The molecule has 214 valence electrons. The number of carbonyl (C=O) groups is 1. The Morgan fingerprint density at radius 1 is 1.00 bits per heavy atom. The van der Waals surface area contributed by atoms with E-state index < -0.39 is 33.7 Å². The minimum Gasteiger partial charge on any atom is -0.443 e. The molecular formula is C28H26F3N5O4S. The van der Waals surface area contributed by atoms with Crippen LogP contribution in [0.5, 0.6) is 0 Å². The topological polar surface area (TPSA) is 109 Å². The Kier molecular flexibility index (Phi) is 6.94. The Morgan fingerprint density at radius 2 is 1.76 bits per heavy atom. The molecule has 6 rings (SSSR count). The van der Waals surface area contributed by atoms with E-state index in [2.05, 4.69) is 15.3 Å². The number of alkyl halides is 3. The fourth-order valence-electron chi connectivity index (χ4n) is 5.00. The molecule has 4 aromatic rings. The molecular weight excluding hydrogens is 559 g/mol. The standard InChI is InChI=1S/C28H26F3N5O4S/c29-28(30,31)20-10-8-18(9-11-20)22-16-21(33-27(34-22)35-12-4-13-35)17-32-26(37)23-6-3-14-36(23)41(38,39)25-15-19-5-1-2-7-24(19)40-25/h1-2,5,7-11,15-16,23H,3-4,6,12-14,17H2,(H,32,37)/t23-/m0/s1. The van der Waals surface area contributed by atoms with Crippen LogP contribution in [-0.4, -0.2) is 54.3 Å². The van der Waals surface area contributed by atoms with Crippen LogP contribution in [0.3, 0.4) is 0 Å². The van der Waals surface area contributed by atoms with Gasteiger partial charge in [0.25, 0.3) is 10.0 Å². The summed E-state index contributed by atoms with van der Waals surface area (Å²) >= 11 is 0. The molecule has 9 nitrogen and oxygen atoms in total. The van der Waals surface area contributed by atoms with Crippen molar-refractivity contribution in [2.75, 3.05) is 24.5 Å². The lowest BCUT2D eigenvalue weighted by Crippen LogP contribution is -2.45. The summed E-state index contributed by atoms with van der Waals surface area (Å²) in [6.07, 6.45) is -2.61. The van der Waals surface area contributed by atoms with E-state index in [4.69, 9.17) is 4.42 Å². The normalized spacial score (nSPS) is 18.0. The first-order valence-corrected chi connectivity index (χ1v) is 14.6. The fraction of sp³-hybridized carbons (Fsp3) is 0.321. The van der Waals surface area contributed by atoms with Crippen LogP contribution >= 0.6 is 0 Å². The predicted octanol–water partition coefficient (Wildman–Crippen LogP) is 4.59. The summed E-state index contributed by atoms with van der Waals surface area (Å²) in [5.74, 6) is -0.0461. The number of furan rings is 1. The van der Waals surface area contributed by atoms with Crippen molar-refractivity contribution in [3.8, 4) is 11.3 Å². The Labute approximate surface area is 234 Å². The molecule has 41 heavy (non-hydrogen) atoms. The average Bonchev–Trinajstić information content (AvgIpc) is 3.59. The highest BCUT2D eigenvalue weighted by atomic mass is 32.2. The third-order valence-electron chi connectivity index (χ3n) is 7.33. The molecule has 2 saturated heterocycles. The fourth-order valence-corrected chi connectivity index (χ4v) is 6.60. The Morgan fingerprint density at radius 3 is 2.44 bits per heavy atom. The van der Waals surface area contributed by atoms with Crippen LogP contribution in [0.2, 0.25) is 0 Å². The van der Waals surface area contributed by atoms with Crippen molar-refractivity contribution in [3.63, 3.8) is 0 Å². The number of sulfonamides is 1. The number of hydrogen-bond acceptors (Lipinski definition) is 7. The van der Waals surface area contributed by atoms with E-state index in [1.165, 1.54) is 22.5 Å². The van der Waals surface area contributed by atoms with E-state index in [1.54, 1.807) is 30.3 Å². The van der Waals surface area contributed by atoms with Crippen molar-refractivity contribution < 1.29 is 30.8 Å². The van der Waals surface area contributed by atoms with Crippen molar-refractivity contribution in [2.24, 2.45) is 0 Å². The maximum absolute atomic E-state index is 13.4. The smallest absolute Gasteiger partial charge is 0.416 e. The lowest BCUT2D eigenvalue weighted by molar-refractivity contribution is -0.137. The molecule has 2 aliphatic heterocycles. The lowest BCUT2D eigenvalue weighted by atomic mass is 10.1. The zero-order chi connectivity index (χ0) is 28.8. The second-order valence-corrected chi connectivity index (χ2v) is 11.9. The summed E-state index contributed by atoms with van der Waals surface area (Å²) in [6.45, 7) is 1.67. The molecule has 0 unspecified atom stereocenters. The third-order valence-corrected chi connectivity index (χ3v) is 9.09. The minimum atomic E-state index is -4.45. The Balaban J connectivity index is 1.21. The molecule has 0 spiro atoms. The number of hydrogen-bond donors (Lipinski definition) is 1. The molecule has 2 aromatic heterocycles. The number of benzene rings is 2. The number of aromatic nitrogens is 2. The van der Waals surface area contributed by atoms with Gasteiger partial charge in [0.1, 0.15) is 11.6 Å². The first kappa shape index (κ1) is 27.2. The van der Waals surface area contributed by atoms with Gasteiger partial charge in [0.15, 0.2) is 0 Å². The molecule has 1 N–H and O–H groups in total. The van der Waals surface area contributed by atoms with Crippen molar-refractivity contribution >= 4 is 32.8 Å². The van der Waals surface area contributed by atoms with E-state index in [1.807, 2.05) is 4.90 Å². The van der Waals surface area contributed by atoms with Gasteiger partial charge in [-0.05, 0) is 43.5 Å². The highest BCUT2D eigenvalue weighted by Crippen LogP contribution is 2.32. The summed E-state index contributed by atoms with van der Waals surface area (Å²) in [7, 11) is -4.05. The van der Waals surface area contributed by atoms with Gasteiger partial charge < -0.3 is 14.6 Å². The molecule has 13 heteroatoms. The summed E-state index contributed by atoms with van der Waals surface area (Å²) < 4.78 is 72.7. The third kappa shape index (κ3) is 5.38. The van der Waals surface area contributed by atoms with E-state index in [0.29, 0.717) is 46.7 Å². The number of carbonyl (C=O) groups excluding carboxylic acids is 1. The van der Waals surface area contributed by atoms with Crippen LogP contribution in [0.1, 0.15) is 30.5 Å². The summed E-state index contributed by atoms with van der Waals surface area (Å²) in [4.78, 5) is 24.3. The molecule has 2 aromatic carbocycles. The molecule has 0 aliphatic carbocycles. The zero-order valence-corrected chi connectivity index (χ0v) is 22.6. The maximum atomic E-state index is 13.4. The number of anilines is 1. The number of nitrogens with zero attached hydrogens (tertiary/aromatic N) is 4. The van der Waals surface area contributed by atoms with Gasteiger partial charge in [-0.2, -0.15) is 17.5 Å². The Bertz CT molecular complexity index is 1670. The largest absolute Gasteiger partial charge is 0.443 e. The molecule has 2 fully saturated rings. The summed E-state index contributed by atoms with van der Waals surface area (Å²) in [5, 5.41) is 3.23. The Hall–Kier alpha value is -3.97. The SMILES string of the molecule is O=C(NCc1cc(-c2ccc(C(F)(F)F)cc2)nc(N2CCC2)n1)[C@@H]1CCCN1S(=O)(=O)c1cc2ccccc2o1. The summed E-state index contributed by atoms with van der Waals surface area (Å²) in [6, 6.07) is 13.8. The molecule has 2 aliphatic rings. The second kappa shape index (κ2) is 10.5. The van der Waals surface area contributed by atoms with Gasteiger partial charge in [0.05, 0.1) is 23.5 Å². The highest BCUT2D eigenvalue weighted by molar-refractivity contribution is 7.89. The second-order valence-electron chi connectivity index (χ2n) is 10.1. The van der Waals surface area contributed by atoms with Gasteiger partial charge >= 0.3 is 6.18 Å². The molecule has 0 saturated carbocycles. The average molecular weight is 586 g/mol. The van der Waals surface area contributed by atoms with Crippen LogP contribution in [0.15, 0.2) is 70.2 Å². The number of rotatable bonds is 7. The van der Waals surface area contributed by atoms with Crippen LogP contribution < -0.4 is 10.2 Å². The van der Waals surface area contributed by atoms with Gasteiger partial charge in [0, 0.05) is 36.7 Å². The van der Waals surface area contributed by atoms with Gasteiger partial charge in [-0.3, -0.25) is 4.79 Å². The molecule has 4 heterocycles. The van der Waals surface area contributed by atoms with Crippen molar-refractivity contribution in [3.05, 3.63) is 71.9 Å². The first-order valence-electron chi connectivity index (χ1n) is 13.2. The molecule has 0 bridgehead atoms. The number of fused-ring (bicyclic) bond motifs is 1. The molecule has 1 amide bonds. The van der Waals surface area contributed by atoms with E-state index >= 15 is 0 Å². The number of amides is 1. The van der Waals surface area contributed by atoms with Crippen LogP contribution in [0, 0.1) is 0 Å². The van der Waals surface area contributed by atoms with Gasteiger partial charge in [-0.15, -0.1) is 0 Å². The number of nitrogens with one attached hydrogen (secondary N) is 1. The number of halogens is 3. The van der Waals surface area contributed by atoms with Crippen LogP contribution in [0.4, 0.5) is 19.1 Å². The predicted molar refractivity (Wildman–Crippen MR) is 144 cm³/mol. The van der Waals surface area contributed by atoms with E-state index in [-0.39, 0.29) is 18.2 Å². The maximum Gasteiger partial charge on any atom is 0.416 e. The minimum absolute atomic E-state index is 0.00907. The number of para-hydroxylation sites is 1. The monoisotopic (exact) mass is 585 g/mol. The summed E-state index contributed by atoms with van der Waals surface area (Å²) in [5.41, 5.74) is 1.04. The van der Waals surface area contributed by atoms with Crippen molar-refractivity contribution in [1.82, 2.24) is 19.6 Å². The van der Waals surface area contributed by atoms with Gasteiger partial charge in [0.2, 0.25) is 16.9 Å². The quantitative estimate of drug-likeness (QED) is 0.338. The van der Waals surface area contributed by atoms with Gasteiger partial charge in [-0.25, -0.2) is 18.4 Å². The first-order chi connectivity index (χ1) is 19.6. The highest BCUT2D eigenvalue weighted by Gasteiger charge is 2.41. The van der Waals surface area contributed by atoms with Crippen LogP contribution in [0.25, 0.3) is 22.2 Å². The van der Waals surface area contributed by atoms with Crippen LogP contribution in [-0.2, 0) is 27.5 Å². The van der Waals surface area contributed by atoms with Crippen molar-refractivity contribution in [1.29, 1.82) is 0 Å². The van der Waals surface area contributed by atoms with Gasteiger partial charge in [-0.1, -0.05) is 30.3 Å².